The molecule has 0 unspecified atom stereocenters. The standard InChI is InChI=1S/C22H26OS/c1-3-4-6-13-19(17-16-18-11-7-5-8-12-18)22(23)20-14-9-10-15-21(20)24-2/h5,7-12,14-17,19H,3-4,6,13H2,1-2H3/b17-16+/t19-/m0/s1. The lowest BCUT2D eigenvalue weighted by Crippen LogP contribution is -2.13. The zero-order valence-electron chi connectivity index (χ0n) is 14.6. The third kappa shape index (κ3) is 5.38. The molecule has 1 atom stereocenters. The van der Waals surface area contributed by atoms with Crippen molar-refractivity contribution in [1.29, 1.82) is 0 Å². The Morgan fingerprint density at radius 2 is 1.75 bits per heavy atom. The van der Waals surface area contributed by atoms with Crippen LogP contribution in [-0.4, -0.2) is 12.0 Å². The Kier molecular flexibility index (Phi) is 7.84. The van der Waals surface area contributed by atoms with Gasteiger partial charge in [0.25, 0.3) is 0 Å². The lowest BCUT2D eigenvalue weighted by molar-refractivity contribution is 0.0936. The summed E-state index contributed by atoms with van der Waals surface area (Å²) >= 11 is 1.64. The van der Waals surface area contributed by atoms with E-state index in [4.69, 9.17) is 0 Å². The van der Waals surface area contributed by atoms with Crippen molar-refractivity contribution in [1.82, 2.24) is 0 Å². The number of benzene rings is 2. The van der Waals surface area contributed by atoms with Crippen LogP contribution in [0.1, 0.15) is 48.5 Å². The molecule has 0 heterocycles. The Hall–Kier alpha value is -1.80. The smallest absolute Gasteiger partial charge is 0.170 e. The second-order valence-electron chi connectivity index (χ2n) is 5.94. The van der Waals surface area contributed by atoms with Gasteiger partial charge in [-0.05, 0) is 24.3 Å². The predicted octanol–water partition coefficient (Wildman–Crippen LogP) is 6.50. The Labute approximate surface area is 150 Å². The van der Waals surface area contributed by atoms with Gasteiger partial charge in [-0.25, -0.2) is 0 Å². The highest BCUT2D eigenvalue weighted by atomic mass is 32.2. The summed E-state index contributed by atoms with van der Waals surface area (Å²) in [6.45, 7) is 2.19. The average Bonchev–Trinajstić information content (AvgIpc) is 2.64. The number of unbranched alkanes of at least 4 members (excludes halogenated alkanes) is 2. The third-order valence-electron chi connectivity index (χ3n) is 4.15. The molecule has 2 aromatic carbocycles. The molecule has 0 saturated carbocycles. The average molecular weight is 339 g/mol. The van der Waals surface area contributed by atoms with Crippen molar-refractivity contribution in [3.63, 3.8) is 0 Å². The summed E-state index contributed by atoms with van der Waals surface area (Å²) in [4.78, 5) is 14.1. The third-order valence-corrected chi connectivity index (χ3v) is 4.94. The summed E-state index contributed by atoms with van der Waals surface area (Å²) in [6, 6.07) is 18.1. The fourth-order valence-corrected chi connectivity index (χ4v) is 3.37. The van der Waals surface area contributed by atoms with Gasteiger partial charge >= 0.3 is 0 Å². The molecular weight excluding hydrogens is 312 g/mol. The van der Waals surface area contributed by atoms with Crippen LogP contribution in [0, 0.1) is 5.92 Å². The maximum absolute atomic E-state index is 13.1. The van der Waals surface area contributed by atoms with Crippen LogP contribution in [-0.2, 0) is 0 Å². The monoisotopic (exact) mass is 338 g/mol. The van der Waals surface area contributed by atoms with Gasteiger partial charge in [-0.1, -0.05) is 86.9 Å². The van der Waals surface area contributed by atoms with Gasteiger partial charge in [-0.3, -0.25) is 4.79 Å². The summed E-state index contributed by atoms with van der Waals surface area (Å²) in [6.07, 6.45) is 10.5. The van der Waals surface area contributed by atoms with Crippen LogP contribution in [0.25, 0.3) is 6.08 Å². The van der Waals surface area contributed by atoms with Gasteiger partial charge in [0.2, 0.25) is 0 Å². The number of ketones is 1. The summed E-state index contributed by atoms with van der Waals surface area (Å²) in [7, 11) is 0. The van der Waals surface area contributed by atoms with Crippen LogP contribution in [0.5, 0.6) is 0 Å². The molecule has 0 bridgehead atoms. The molecule has 0 aliphatic carbocycles. The van der Waals surface area contributed by atoms with E-state index >= 15 is 0 Å². The molecule has 0 fully saturated rings. The minimum atomic E-state index is -0.0509. The van der Waals surface area contributed by atoms with E-state index in [1.165, 1.54) is 12.8 Å². The molecule has 0 aromatic heterocycles. The van der Waals surface area contributed by atoms with E-state index in [0.717, 1.165) is 28.9 Å². The number of Topliss-reactive ketones (excluding diaryl/α,β-unsaturated/α-hetero) is 1. The molecule has 0 radical (unpaired) electrons. The molecular formula is C22H26OS. The normalized spacial score (nSPS) is 12.4. The molecule has 24 heavy (non-hydrogen) atoms. The first-order valence-electron chi connectivity index (χ1n) is 8.66. The Balaban J connectivity index is 2.21. The van der Waals surface area contributed by atoms with Gasteiger partial charge in [0, 0.05) is 16.4 Å². The minimum absolute atomic E-state index is 0.0509. The lowest BCUT2D eigenvalue weighted by atomic mass is 9.91. The quantitative estimate of drug-likeness (QED) is 0.295. The van der Waals surface area contributed by atoms with Crippen molar-refractivity contribution in [2.45, 2.75) is 37.5 Å². The van der Waals surface area contributed by atoms with E-state index in [1.54, 1.807) is 11.8 Å². The highest BCUT2D eigenvalue weighted by Crippen LogP contribution is 2.26. The molecule has 2 heteroatoms. The van der Waals surface area contributed by atoms with Crippen LogP contribution >= 0.6 is 11.8 Å². The zero-order chi connectivity index (χ0) is 17.2. The number of carbonyl (C=O) groups excluding carboxylic acids is 1. The number of allylic oxidation sites excluding steroid dienone is 1. The van der Waals surface area contributed by atoms with Gasteiger partial charge < -0.3 is 0 Å². The summed E-state index contributed by atoms with van der Waals surface area (Å²) in [5.74, 6) is 0.188. The van der Waals surface area contributed by atoms with Crippen LogP contribution in [0.2, 0.25) is 0 Å². The number of rotatable bonds is 9. The van der Waals surface area contributed by atoms with Crippen molar-refractivity contribution in [3.8, 4) is 0 Å². The second kappa shape index (κ2) is 10.1. The van der Waals surface area contributed by atoms with E-state index in [9.17, 15) is 4.79 Å². The fourth-order valence-electron chi connectivity index (χ4n) is 2.77. The van der Waals surface area contributed by atoms with Crippen molar-refractivity contribution < 1.29 is 4.79 Å². The van der Waals surface area contributed by atoms with E-state index in [-0.39, 0.29) is 11.7 Å². The first-order valence-corrected chi connectivity index (χ1v) is 9.89. The van der Waals surface area contributed by atoms with E-state index in [2.05, 4.69) is 31.2 Å². The molecule has 0 N–H and O–H groups in total. The van der Waals surface area contributed by atoms with Crippen LogP contribution < -0.4 is 0 Å². The Morgan fingerprint density at radius 1 is 1.04 bits per heavy atom. The van der Waals surface area contributed by atoms with Gasteiger partial charge in [0.1, 0.15) is 0 Å². The molecule has 2 rings (SSSR count). The molecule has 0 amide bonds. The Morgan fingerprint density at radius 3 is 2.46 bits per heavy atom. The maximum Gasteiger partial charge on any atom is 0.170 e. The summed E-state index contributed by atoms with van der Waals surface area (Å²) < 4.78 is 0. The molecule has 1 nitrogen and oxygen atoms in total. The molecule has 0 aliphatic rings. The fraction of sp³-hybridized carbons (Fsp3) is 0.318. The van der Waals surface area contributed by atoms with Gasteiger partial charge in [0.05, 0.1) is 0 Å². The highest BCUT2D eigenvalue weighted by molar-refractivity contribution is 7.98. The van der Waals surface area contributed by atoms with Gasteiger partial charge in [-0.2, -0.15) is 0 Å². The number of hydrogen-bond donors (Lipinski definition) is 0. The SMILES string of the molecule is CCCCC[C@@H](/C=C/c1ccccc1)C(=O)c1ccccc1SC. The number of carbonyl (C=O) groups is 1. The number of hydrogen-bond acceptors (Lipinski definition) is 2. The van der Waals surface area contributed by atoms with E-state index in [0.29, 0.717) is 0 Å². The maximum atomic E-state index is 13.1. The predicted molar refractivity (Wildman–Crippen MR) is 106 cm³/mol. The van der Waals surface area contributed by atoms with E-state index < -0.39 is 0 Å². The zero-order valence-corrected chi connectivity index (χ0v) is 15.4. The lowest BCUT2D eigenvalue weighted by Gasteiger charge is -2.14. The molecule has 0 aliphatic heterocycles. The minimum Gasteiger partial charge on any atom is -0.293 e. The topological polar surface area (TPSA) is 17.1 Å². The van der Waals surface area contributed by atoms with E-state index in [1.807, 2.05) is 48.7 Å². The van der Waals surface area contributed by atoms with Crippen LogP contribution in [0.15, 0.2) is 65.6 Å². The first kappa shape index (κ1) is 18.5. The molecule has 2 aromatic rings. The van der Waals surface area contributed by atoms with Crippen molar-refractivity contribution >= 4 is 23.6 Å². The van der Waals surface area contributed by atoms with Crippen molar-refractivity contribution in [3.05, 3.63) is 71.8 Å². The highest BCUT2D eigenvalue weighted by Gasteiger charge is 2.19. The van der Waals surface area contributed by atoms with Crippen molar-refractivity contribution in [2.24, 2.45) is 5.92 Å². The van der Waals surface area contributed by atoms with Gasteiger partial charge in [0.15, 0.2) is 5.78 Å². The first-order chi connectivity index (χ1) is 11.8. The van der Waals surface area contributed by atoms with Crippen LogP contribution in [0.3, 0.4) is 0 Å². The molecule has 0 saturated heterocycles. The molecule has 126 valence electrons. The molecule has 0 spiro atoms. The van der Waals surface area contributed by atoms with Gasteiger partial charge in [-0.15, -0.1) is 11.8 Å². The Bertz CT molecular complexity index is 661. The largest absolute Gasteiger partial charge is 0.293 e. The summed E-state index contributed by atoms with van der Waals surface area (Å²) in [5, 5.41) is 0. The summed E-state index contributed by atoms with van der Waals surface area (Å²) in [5.41, 5.74) is 1.99. The second-order valence-corrected chi connectivity index (χ2v) is 6.78. The van der Waals surface area contributed by atoms with Crippen LogP contribution in [0.4, 0.5) is 0 Å². The van der Waals surface area contributed by atoms with Crippen molar-refractivity contribution in [2.75, 3.05) is 6.26 Å². The number of thioether (sulfide) groups is 1.